The zero-order valence-corrected chi connectivity index (χ0v) is 21.0. The first-order valence-electron chi connectivity index (χ1n) is 11.9. The van der Waals surface area contributed by atoms with Gasteiger partial charge in [0.05, 0.1) is 29.5 Å². The van der Waals surface area contributed by atoms with Crippen LogP contribution in [0.3, 0.4) is 0 Å². The third-order valence-corrected chi connectivity index (χ3v) is 7.18. The van der Waals surface area contributed by atoms with Crippen LogP contribution >= 0.6 is 11.3 Å². The predicted octanol–water partition coefficient (Wildman–Crippen LogP) is 5.94. The number of nitrogens with one attached hydrogen (secondary N) is 3. The molecule has 0 unspecified atom stereocenters. The van der Waals surface area contributed by atoms with Crippen molar-refractivity contribution in [2.24, 2.45) is 11.0 Å². The van der Waals surface area contributed by atoms with Crippen LogP contribution in [0, 0.1) is 11.7 Å². The number of rotatable bonds is 5. The van der Waals surface area contributed by atoms with E-state index in [1.165, 1.54) is 6.07 Å². The normalized spacial score (nSPS) is 12.8. The van der Waals surface area contributed by atoms with Crippen LogP contribution in [0.25, 0.3) is 32.6 Å². The number of fused-ring (bicyclic) bond motifs is 2. The Labute approximate surface area is 216 Å². The highest BCUT2D eigenvalue weighted by Gasteiger charge is 2.23. The zero-order valence-electron chi connectivity index (χ0n) is 20.2. The lowest BCUT2D eigenvalue weighted by molar-refractivity contribution is -0.118. The van der Waals surface area contributed by atoms with Crippen LogP contribution in [0.15, 0.2) is 71.4 Å². The van der Waals surface area contributed by atoms with Crippen molar-refractivity contribution in [2.45, 2.75) is 20.4 Å². The fraction of sp³-hybridized carbons (Fsp3) is 0.143. The maximum absolute atomic E-state index is 15.3. The van der Waals surface area contributed by atoms with Gasteiger partial charge in [0.1, 0.15) is 11.5 Å². The second-order valence-electron chi connectivity index (χ2n) is 9.16. The number of halogens is 1. The molecule has 0 radical (unpaired) electrons. The van der Waals surface area contributed by atoms with Crippen molar-refractivity contribution in [1.29, 1.82) is 0 Å². The number of hydrogen-bond acceptors (Lipinski definition) is 6. The van der Waals surface area contributed by atoms with Crippen molar-refractivity contribution in [3.8, 4) is 21.6 Å². The van der Waals surface area contributed by atoms with Crippen LogP contribution in [0.4, 0.5) is 10.1 Å². The molecule has 0 fully saturated rings. The highest BCUT2D eigenvalue weighted by molar-refractivity contribution is 7.13. The number of anilines is 1. The van der Waals surface area contributed by atoms with E-state index >= 15 is 4.39 Å². The van der Waals surface area contributed by atoms with E-state index in [-0.39, 0.29) is 17.6 Å². The summed E-state index contributed by atoms with van der Waals surface area (Å²) in [7, 11) is 0. The third-order valence-electron chi connectivity index (χ3n) is 6.27. The lowest BCUT2D eigenvalue weighted by Crippen LogP contribution is -2.22. The minimum atomic E-state index is -0.375. The van der Waals surface area contributed by atoms with E-state index in [4.69, 9.17) is 4.98 Å². The quantitative estimate of drug-likeness (QED) is 0.273. The van der Waals surface area contributed by atoms with Crippen LogP contribution in [-0.2, 0) is 11.3 Å². The highest BCUT2D eigenvalue weighted by atomic mass is 32.1. The minimum absolute atomic E-state index is 0.128. The fourth-order valence-electron chi connectivity index (χ4n) is 4.36. The summed E-state index contributed by atoms with van der Waals surface area (Å²) < 4.78 is 15.3. The molecule has 5 aromatic rings. The molecule has 0 aliphatic carbocycles. The number of para-hydroxylation sites is 1. The average molecular weight is 511 g/mol. The molecule has 1 aliphatic rings. The van der Waals surface area contributed by atoms with Crippen LogP contribution in [0.5, 0.6) is 0 Å². The van der Waals surface area contributed by atoms with E-state index in [1.54, 1.807) is 35.9 Å². The SMILES string of the molecule is CC(C)C(=O)Nc1cncc(-c2cc3c(cc2F)CNN=C3c2nc3c(-c4cccs4)cccc3[nH]2)c1. The van der Waals surface area contributed by atoms with Crippen LogP contribution in [-0.4, -0.2) is 26.6 Å². The van der Waals surface area contributed by atoms with Gasteiger partial charge in [0.25, 0.3) is 0 Å². The molecule has 184 valence electrons. The Kier molecular flexibility index (Phi) is 5.77. The molecule has 1 amide bonds. The number of hydrazone groups is 1. The number of amides is 1. The number of pyridine rings is 1. The van der Waals surface area contributed by atoms with Crippen molar-refractivity contribution >= 4 is 39.7 Å². The topological polar surface area (TPSA) is 95.1 Å². The van der Waals surface area contributed by atoms with Crippen molar-refractivity contribution in [3.05, 3.63) is 89.1 Å². The van der Waals surface area contributed by atoms with Gasteiger partial charge in [-0.05, 0) is 41.3 Å². The summed E-state index contributed by atoms with van der Waals surface area (Å²) in [5.41, 5.74) is 9.42. The molecule has 4 heterocycles. The van der Waals surface area contributed by atoms with Crippen LogP contribution in [0.1, 0.15) is 30.8 Å². The second kappa shape index (κ2) is 9.25. The van der Waals surface area contributed by atoms with Crippen LogP contribution in [0.2, 0.25) is 0 Å². The Hall–Kier alpha value is -4.37. The second-order valence-corrected chi connectivity index (χ2v) is 10.1. The molecule has 9 heteroatoms. The number of nitrogens with zero attached hydrogens (tertiary/aromatic N) is 3. The predicted molar refractivity (Wildman–Crippen MR) is 145 cm³/mol. The molecule has 2 aromatic carbocycles. The van der Waals surface area contributed by atoms with Gasteiger partial charge < -0.3 is 15.7 Å². The van der Waals surface area contributed by atoms with Gasteiger partial charge in [-0.15, -0.1) is 11.3 Å². The molecule has 0 saturated heterocycles. The Morgan fingerprint density at radius 3 is 2.78 bits per heavy atom. The first kappa shape index (κ1) is 23.1. The molecule has 7 nitrogen and oxygen atoms in total. The van der Waals surface area contributed by atoms with Crippen molar-refractivity contribution < 1.29 is 9.18 Å². The fourth-order valence-corrected chi connectivity index (χ4v) is 5.12. The first-order valence-corrected chi connectivity index (χ1v) is 12.8. The molecule has 37 heavy (non-hydrogen) atoms. The summed E-state index contributed by atoms with van der Waals surface area (Å²) in [5, 5.41) is 9.42. The molecule has 1 aliphatic heterocycles. The standard InChI is InChI=1S/C28H23FN6OS/c1-15(2)28(36)32-18-9-16(12-30-14-18)20-11-21-17(10-22(20)29)13-31-35-26(21)27-33-23-6-3-5-19(25(23)34-27)24-7-4-8-37-24/h3-12,14-15,31H,13H2,1-2H3,(H,32,36)(H,33,34). The number of hydrogen-bond donors (Lipinski definition) is 3. The van der Waals surface area contributed by atoms with E-state index < -0.39 is 0 Å². The maximum Gasteiger partial charge on any atom is 0.226 e. The molecule has 3 aromatic heterocycles. The Morgan fingerprint density at radius 2 is 1.97 bits per heavy atom. The van der Waals surface area contributed by atoms with Gasteiger partial charge in [-0.3, -0.25) is 9.78 Å². The summed E-state index contributed by atoms with van der Waals surface area (Å²) in [4.78, 5) is 25.8. The molecule has 0 spiro atoms. The number of aromatic amines is 1. The van der Waals surface area contributed by atoms with Gasteiger partial charge in [-0.25, -0.2) is 9.37 Å². The van der Waals surface area contributed by atoms with Crippen molar-refractivity contribution in [3.63, 3.8) is 0 Å². The smallest absolute Gasteiger partial charge is 0.226 e. The lowest BCUT2D eigenvalue weighted by atomic mass is 9.95. The molecule has 0 bridgehead atoms. The number of benzene rings is 2. The van der Waals surface area contributed by atoms with Gasteiger partial charge in [-0.1, -0.05) is 32.0 Å². The van der Waals surface area contributed by atoms with E-state index in [0.29, 0.717) is 34.9 Å². The van der Waals surface area contributed by atoms with E-state index in [9.17, 15) is 4.79 Å². The van der Waals surface area contributed by atoms with Crippen LogP contribution < -0.4 is 10.7 Å². The minimum Gasteiger partial charge on any atom is -0.337 e. The number of carbonyl (C=O) groups excluding carboxylic acids is 1. The van der Waals surface area contributed by atoms with Crippen molar-refractivity contribution in [1.82, 2.24) is 20.4 Å². The van der Waals surface area contributed by atoms with Crippen molar-refractivity contribution in [2.75, 3.05) is 5.32 Å². The molecular formula is C28H23FN6OS. The van der Waals surface area contributed by atoms with Gasteiger partial charge in [-0.2, -0.15) is 5.10 Å². The molecule has 0 saturated carbocycles. The molecule has 3 N–H and O–H groups in total. The molecule has 6 rings (SSSR count). The summed E-state index contributed by atoms with van der Waals surface area (Å²) in [5.74, 6) is -0.0849. The molecular weight excluding hydrogens is 487 g/mol. The van der Waals surface area contributed by atoms with Gasteiger partial charge in [0.15, 0.2) is 5.82 Å². The number of thiophene rings is 1. The van der Waals surface area contributed by atoms with E-state index in [1.807, 2.05) is 37.4 Å². The number of aromatic nitrogens is 3. The first-order chi connectivity index (χ1) is 18.0. The Balaban J connectivity index is 1.42. The van der Waals surface area contributed by atoms with E-state index in [2.05, 4.69) is 37.9 Å². The third kappa shape index (κ3) is 4.27. The average Bonchev–Trinajstić information content (AvgIpc) is 3.58. The largest absolute Gasteiger partial charge is 0.337 e. The Morgan fingerprint density at radius 1 is 1.08 bits per heavy atom. The molecule has 0 atom stereocenters. The number of carbonyl (C=O) groups is 1. The summed E-state index contributed by atoms with van der Waals surface area (Å²) >= 11 is 1.66. The summed E-state index contributed by atoms with van der Waals surface area (Å²) in [6.45, 7) is 4.03. The number of imidazole rings is 1. The maximum atomic E-state index is 15.3. The number of H-pyrrole nitrogens is 1. The van der Waals surface area contributed by atoms with E-state index in [0.717, 1.165) is 32.6 Å². The monoisotopic (exact) mass is 510 g/mol. The summed E-state index contributed by atoms with van der Waals surface area (Å²) in [6, 6.07) is 15.2. The van der Waals surface area contributed by atoms with Gasteiger partial charge in [0, 0.05) is 39.2 Å². The lowest BCUT2D eigenvalue weighted by Gasteiger charge is -2.18. The Bertz CT molecular complexity index is 1670. The van der Waals surface area contributed by atoms with Gasteiger partial charge in [0.2, 0.25) is 5.91 Å². The highest BCUT2D eigenvalue weighted by Crippen LogP contribution is 2.33. The summed E-state index contributed by atoms with van der Waals surface area (Å²) in [6.07, 6.45) is 3.14. The van der Waals surface area contributed by atoms with Gasteiger partial charge >= 0.3 is 0 Å². The zero-order chi connectivity index (χ0) is 25.5.